The van der Waals surface area contributed by atoms with Crippen LogP contribution in [0.25, 0.3) is 0 Å². The normalized spacial score (nSPS) is 31.0. The van der Waals surface area contributed by atoms with Gasteiger partial charge in [0, 0.05) is 12.0 Å². The van der Waals surface area contributed by atoms with Gasteiger partial charge in [-0.25, -0.2) is 0 Å². The topological polar surface area (TPSA) is 91.9 Å². The molecule has 3 aliphatic heterocycles. The molecule has 0 radical (unpaired) electrons. The summed E-state index contributed by atoms with van der Waals surface area (Å²) >= 11 is 6.27. The van der Waals surface area contributed by atoms with E-state index >= 15 is 0 Å². The van der Waals surface area contributed by atoms with Gasteiger partial charge in [-0.05, 0) is 17.7 Å². The summed E-state index contributed by atoms with van der Waals surface area (Å²) in [6.45, 7) is 0. The van der Waals surface area contributed by atoms with E-state index in [9.17, 15) is 14.4 Å². The van der Waals surface area contributed by atoms with Crippen LogP contribution in [0.1, 0.15) is 11.1 Å². The number of hydrogen-bond donors (Lipinski definition) is 3. The molecule has 2 fully saturated rings. The van der Waals surface area contributed by atoms with E-state index in [2.05, 4.69) is 10.6 Å². The lowest BCUT2D eigenvalue weighted by Gasteiger charge is -2.24. The first-order valence-electron chi connectivity index (χ1n) is 8.87. The van der Waals surface area contributed by atoms with Crippen LogP contribution in [0.15, 0.2) is 48.5 Å². The number of carbonyl (C=O) groups excluding carboxylic acids is 3. The molecule has 0 saturated carbocycles. The van der Waals surface area contributed by atoms with E-state index in [1.165, 1.54) is 0 Å². The highest BCUT2D eigenvalue weighted by Gasteiger charge is 2.72. The van der Waals surface area contributed by atoms with Crippen LogP contribution in [0.2, 0.25) is 5.02 Å². The highest BCUT2D eigenvalue weighted by Crippen LogP contribution is 2.49. The molecule has 7 heteroatoms. The largest absolute Gasteiger partial charge is 0.326 e. The lowest BCUT2D eigenvalue weighted by Crippen LogP contribution is -2.99. The Bertz CT molecular complexity index is 993. The highest BCUT2D eigenvalue weighted by molar-refractivity contribution is 6.35. The molecule has 2 aromatic carbocycles. The van der Waals surface area contributed by atoms with E-state index in [1.807, 2.05) is 41.7 Å². The molecule has 0 aliphatic carbocycles. The van der Waals surface area contributed by atoms with Gasteiger partial charge in [-0.3, -0.25) is 19.7 Å². The molecule has 0 bridgehead atoms. The second-order valence-corrected chi connectivity index (χ2v) is 7.77. The third-order valence-corrected chi connectivity index (χ3v) is 6.32. The fourth-order valence-corrected chi connectivity index (χ4v) is 5.18. The quantitative estimate of drug-likeness (QED) is 0.663. The van der Waals surface area contributed by atoms with Crippen LogP contribution in [0.3, 0.4) is 0 Å². The van der Waals surface area contributed by atoms with Crippen molar-refractivity contribution in [2.45, 2.75) is 18.0 Å². The van der Waals surface area contributed by atoms with Crippen LogP contribution in [0.4, 0.5) is 5.69 Å². The molecular weight excluding hydrogens is 366 g/mol. The SMILES string of the molecule is O=C1NC(=O)[C@H]2[C@H]1[C@H](Cc1ccccc1)[NH2+][C@]21C(=O)Nc2c(Cl)cccc21. The van der Waals surface area contributed by atoms with E-state index in [0.29, 0.717) is 22.7 Å². The Hall–Kier alpha value is -2.70. The molecule has 0 unspecified atom stereocenters. The van der Waals surface area contributed by atoms with Crippen LogP contribution in [0, 0.1) is 11.8 Å². The minimum atomic E-state index is -1.17. The molecule has 2 aromatic rings. The minimum Gasteiger partial charge on any atom is -0.326 e. The summed E-state index contributed by atoms with van der Waals surface area (Å²) in [4.78, 5) is 38.4. The van der Waals surface area contributed by atoms with Crippen LogP contribution in [0.5, 0.6) is 0 Å². The third kappa shape index (κ3) is 2.14. The van der Waals surface area contributed by atoms with Crippen LogP contribution in [-0.4, -0.2) is 23.8 Å². The molecule has 136 valence electrons. The fraction of sp³-hybridized carbons (Fsp3) is 0.250. The van der Waals surface area contributed by atoms with Gasteiger partial charge in [-0.2, -0.15) is 0 Å². The maximum Gasteiger partial charge on any atom is 0.291 e. The Balaban J connectivity index is 1.64. The molecule has 27 heavy (non-hydrogen) atoms. The van der Waals surface area contributed by atoms with Gasteiger partial charge in [0.05, 0.1) is 10.7 Å². The van der Waals surface area contributed by atoms with Crippen LogP contribution >= 0.6 is 11.6 Å². The number of halogens is 1. The Kier molecular flexibility index (Phi) is 3.44. The lowest BCUT2D eigenvalue weighted by molar-refractivity contribution is -0.733. The summed E-state index contributed by atoms with van der Waals surface area (Å²) < 4.78 is 0. The molecule has 6 nitrogen and oxygen atoms in total. The summed E-state index contributed by atoms with van der Waals surface area (Å²) in [5.74, 6) is -2.30. The fourth-order valence-electron chi connectivity index (χ4n) is 4.96. The molecule has 2 saturated heterocycles. The molecule has 0 aromatic heterocycles. The zero-order chi connectivity index (χ0) is 18.8. The maximum absolute atomic E-state index is 13.1. The lowest BCUT2D eigenvalue weighted by atomic mass is 9.76. The van der Waals surface area contributed by atoms with Gasteiger partial charge < -0.3 is 10.6 Å². The molecule has 3 heterocycles. The molecule has 3 amide bonds. The zero-order valence-electron chi connectivity index (χ0n) is 14.2. The molecular formula is C20H17ClN3O3+. The van der Waals surface area contributed by atoms with E-state index < -0.39 is 17.4 Å². The van der Waals surface area contributed by atoms with Crippen LogP contribution < -0.4 is 16.0 Å². The molecule has 4 atom stereocenters. The second-order valence-electron chi connectivity index (χ2n) is 7.36. The Morgan fingerprint density at radius 1 is 0.963 bits per heavy atom. The van der Waals surface area contributed by atoms with Crippen molar-refractivity contribution in [1.82, 2.24) is 5.32 Å². The average molecular weight is 383 g/mol. The predicted octanol–water partition coefficient (Wildman–Crippen LogP) is 0.564. The Morgan fingerprint density at radius 2 is 1.74 bits per heavy atom. The second kappa shape index (κ2) is 5.65. The van der Waals surface area contributed by atoms with Gasteiger partial charge in [0.15, 0.2) is 0 Å². The number of rotatable bonds is 2. The maximum atomic E-state index is 13.1. The predicted molar refractivity (Wildman–Crippen MR) is 97.7 cm³/mol. The Labute approximate surface area is 160 Å². The number of quaternary nitrogens is 1. The first-order valence-corrected chi connectivity index (χ1v) is 9.25. The van der Waals surface area contributed by atoms with E-state index in [4.69, 9.17) is 11.6 Å². The van der Waals surface area contributed by atoms with Crippen molar-refractivity contribution in [3.8, 4) is 0 Å². The number of nitrogens with two attached hydrogens (primary N) is 1. The van der Waals surface area contributed by atoms with E-state index in [-0.39, 0.29) is 23.8 Å². The molecule has 5 rings (SSSR count). The molecule has 3 aliphatic rings. The zero-order valence-corrected chi connectivity index (χ0v) is 15.0. The highest BCUT2D eigenvalue weighted by atomic mass is 35.5. The number of para-hydroxylation sites is 1. The summed E-state index contributed by atoms with van der Waals surface area (Å²) in [5, 5.41) is 7.61. The van der Waals surface area contributed by atoms with Gasteiger partial charge in [0.25, 0.3) is 5.91 Å². The molecule has 4 N–H and O–H groups in total. The average Bonchev–Trinajstić information content (AvgIpc) is 3.24. The van der Waals surface area contributed by atoms with Crippen molar-refractivity contribution < 1.29 is 19.7 Å². The van der Waals surface area contributed by atoms with Crippen LogP contribution in [-0.2, 0) is 26.3 Å². The summed E-state index contributed by atoms with van der Waals surface area (Å²) in [6, 6.07) is 14.8. The van der Waals surface area contributed by atoms with E-state index in [0.717, 1.165) is 5.56 Å². The number of carbonyl (C=O) groups is 3. The number of anilines is 1. The standard InChI is InChI=1S/C20H16ClN3O3/c21-12-8-4-7-11-16(12)22-19(27)20(11)15-14(17(25)23-18(15)26)13(24-20)9-10-5-2-1-3-6-10/h1-8,13-15,24H,9H2,(H,22,27)(H,23,25,26)/p+1/t13-,14+,15+,20-/m0/s1. The molecule has 1 spiro atoms. The summed E-state index contributed by atoms with van der Waals surface area (Å²) in [6.07, 6.45) is 0.591. The van der Waals surface area contributed by atoms with Gasteiger partial charge >= 0.3 is 0 Å². The van der Waals surface area contributed by atoms with Crippen molar-refractivity contribution in [3.05, 3.63) is 64.7 Å². The summed E-state index contributed by atoms with van der Waals surface area (Å²) in [5.41, 5.74) is 1.11. The number of nitrogens with one attached hydrogen (secondary N) is 2. The number of amides is 3. The van der Waals surface area contributed by atoms with Gasteiger partial charge in [0.2, 0.25) is 17.4 Å². The number of imide groups is 1. The Morgan fingerprint density at radius 3 is 2.52 bits per heavy atom. The number of benzene rings is 2. The third-order valence-electron chi connectivity index (χ3n) is 6.01. The summed E-state index contributed by atoms with van der Waals surface area (Å²) in [7, 11) is 0. The number of hydrogen-bond acceptors (Lipinski definition) is 3. The minimum absolute atomic E-state index is 0.223. The first kappa shape index (κ1) is 16.5. The van der Waals surface area contributed by atoms with Crippen molar-refractivity contribution in [2.75, 3.05) is 5.32 Å². The van der Waals surface area contributed by atoms with Crippen molar-refractivity contribution in [2.24, 2.45) is 11.8 Å². The van der Waals surface area contributed by atoms with E-state index in [1.54, 1.807) is 12.1 Å². The van der Waals surface area contributed by atoms with Crippen molar-refractivity contribution >= 4 is 35.0 Å². The van der Waals surface area contributed by atoms with Gasteiger partial charge in [0.1, 0.15) is 17.9 Å². The number of fused-ring (bicyclic) bond motifs is 4. The van der Waals surface area contributed by atoms with Crippen molar-refractivity contribution in [1.29, 1.82) is 0 Å². The van der Waals surface area contributed by atoms with Crippen molar-refractivity contribution in [3.63, 3.8) is 0 Å². The first-order chi connectivity index (χ1) is 13.0. The monoisotopic (exact) mass is 382 g/mol. The van der Waals surface area contributed by atoms with Gasteiger partial charge in [-0.15, -0.1) is 0 Å². The smallest absolute Gasteiger partial charge is 0.291 e. The van der Waals surface area contributed by atoms with Gasteiger partial charge in [-0.1, -0.05) is 48.0 Å².